The van der Waals surface area contributed by atoms with Gasteiger partial charge in [-0.1, -0.05) is 6.07 Å². The molecule has 0 aliphatic rings. The number of hydrogen-bond donors (Lipinski definition) is 2. The van der Waals surface area contributed by atoms with Gasteiger partial charge in [-0.2, -0.15) is 0 Å². The lowest BCUT2D eigenvalue weighted by Gasteiger charge is -2.30. The zero-order valence-electron chi connectivity index (χ0n) is 11.0. The standard InChI is InChI=1S/C13H20BrFN2O/c1-4-17(8-13(2,3)18)10-6-5-9(7-16)11(14)12(10)15/h5-6,18H,4,7-8,16H2,1-3H3. The second kappa shape index (κ2) is 5.99. The molecule has 18 heavy (non-hydrogen) atoms. The maximum absolute atomic E-state index is 14.2. The minimum atomic E-state index is -0.874. The molecule has 3 nitrogen and oxygen atoms in total. The Bertz CT molecular complexity index is 418. The van der Waals surface area contributed by atoms with Gasteiger partial charge in [-0.15, -0.1) is 0 Å². The molecule has 1 aromatic rings. The Morgan fingerprint density at radius 3 is 2.50 bits per heavy atom. The van der Waals surface area contributed by atoms with Crippen LogP contribution < -0.4 is 10.6 Å². The van der Waals surface area contributed by atoms with E-state index in [1.807, 2.05) is 6.92 Å². The van der Waals surface area contributed by atoms with E-state index < -0.39 is 5.60 Å². The van der Waals surface area contributed by atoms with Gasteiger partial charge >= 0.3 is 0 Å². The molecule has 0 aliphatic heterocycles. The van der Waals surface area contributed by atoms with E-state index in [2.05, 4.69) is 15.9 Å². The summed E-state index contributed by atoms with van der Waals surface area (Å²) < 4.78 is 14.6. The van der Waals surface area contributed by atoms with Gasteiger partial charge in [0.2, 0.25) is 0 Å². The van der Waals surface area contributed by atoms with Crippen LogP contribution in [0.25, 0.3) is 0 Å². The first-order valence-electron chi connectivity index (χ1n) is 5.94. The molecule has 0 heterocycles. The van der Waals surface area contributed by atoms with Gasteiger partial charge in [0, 0.05) is 19.6 Å². The average Bonchev–Trinajstić information content (AvgIpc) is 2.29. The van der Waals surface area contributed by atoms with Crippen molar-refractivity contribution >= 4 is 21.6 Å². The molecule has 0 amide bonds. The van der Waals surface area contributed by atoms with Gasteiger partial charge < -0.3 is 15.7 Å². The molecule has 0 aromatic heterocycles. The number of nitrogens with two attached hydrogens (primary N) is 1. The van der Waals surface area contributed by atoms with E-state index in [-0.39, 0.29) is 12.4 Å². The van der Waals surface area contributed by atoms with Crippen molar-refractivity contribution in [3.63, 3.8) is 0 Å². The predicted octanol–water partition coefficient (Wildman–Crippen LogP) is 2.64. The number of rotatable bonds is 5. The van der Waals surface area contributed by atoms with Crippen LogP contribution in [0, 0.1) is 5.82 Å². The number of halogens is 2. The summed E-state index contributed by atoms with van der Waals surface area (Å²) >= 11 is 3.22. The third-order valence-corrected chi connectivity index (χ3v) is 3.52. The molecule has 0 saturated heterocycles. The smallest absolute Gasteiger partial charge is 0.160 e. The second-order valence-corrected chi connectivity index (χ2v) is 5.70. The van der Waals surface area contributed by atoms with Gasteiger partial charge in [-0.3, -0.25) is 0 Å². The normalized spacial score (nSPS) is 11.7. The molecule has 0 saturated carbocycles. The zero-order valence-corrected chi connectivity index (χ0v) is 12.6. The largest absolute Gasteiger partial charge is 0.389 e. The summed E-state index contributed by atoms with van der Waals surface area (Å²) in [4.78, 5) is 1.81. The molecule has 0 unspecified atom stereocenters. The van der Waals surface area contributed by atoms with Crippen LogP contribution in [0.15, 0.2) is 16.6 Å². The molecule has 0 radical (unpaired) electrons. The van der Waals surface area contributed by atoms with Crippen LogP contribution in [0.5, 0.6) is 0 Å². The Kier molecular flexibility index (Phi) is 5.13. The number of likely N-dealkylation sites (N-methyl/N-ethyl adjacent to an activating group) is 1. The van der Waals surface area contributed by atoms with Crippen LogP contribution in [0.1, 0.15) is 26.3 Å². The van der Waals surface area contributed by atoms with E-state index in [9.17, 15) is 9.50 Å². The summed E-state index contributed by atoms with van der Waals surface area (Å²) in [5.74, 6) is -0.330. The quantitative estimate of drug-likeness (QED) is 0.877. The summed E-state index contributed by atoms with van der Waals surface area (Å²) in [7, 11) is 0. The Balaban J connectivity index is 3.11. The maximum Gasteiger partial charge on any atom is 0.160 e. The highest BCUT2D eigenvalue weighted by molar-refractivity contribution is 9.10. The molecule has 0 fully saturated rings. The van der Waals surface area contributed by atoms with Crippen molar-refractivity contribution in [2.75, 3.05) is 18.0 Å². The minimum Gasteiger partial charge on any atom is -0.389 e. The van der Waals surface area contributed by atoms with Gasteiger partial charge in [0.25, 0.3) is 0 Å². The van der Waals surface area contributed by atoms with Crippen LogP contribution in [0.4, 0.5) is 10.1 Å². The monoisotopic (exact) mass is 318 g/mol. The van der Waals surface area contributed by atoms with E-state index in [1.165, 1.54) is 0 Å². The third kappa shape index (κ3) is 3.67. The highest BCUT2D eigenvalue weighted by Gasteiger charge is 2.21. The lowest BCUT2D eigenvalue weighted by Crippen LogP contribution is -2.39. The summed E-state index contributed by atoms with van der Waals surface area (Å²) in [5.41, 5.74) is 5.86. The van der Waals surface area contributed by atoms with Gasteiger partial charge in [0.05, 0.1) is 15.8 Å². The summed E-state index contributed by atoms with van der Waals surface area (Å²) in [6.45, 7) is 6.61. The van der Waals surface area contributed by atoms with Crippen LogP contribution in [-0.2, 0) is 6.54 Å². The average molecular weight is 319 g/mol. The number of nitrogens with zero attached hydrogens (tertiary/aromatic N) is 1. The Labute approximate surface area is 116 Å². The first-order valence-corrected chi connectivity index (χ1v) is 6.73. The summed E-state index contributed by atoms with van der Waals surface area (Å²) in [6, 6.07) is 3.51. The second-order valence-electron chi connectivity index (χ2n) is 4.90. The lowest BCUT2D eigenvalue weighted by atomic mass is 10.1. The Morgan fingerprint density at radius 1 is 1.44 bits per heavy atom. The molecule has 1 rings (SSSR count). The number of benzene rings is 1. The van der Waals surface area contributed by atoms with Crippen molar-refractivity contribution in [3.05, 3.63) is 28.0 Å². The predicted molar refractivity (Wildman–Crippen MR) is 76.2 cm³/mol. The lowest BCUT2D eigenvalue weighted by molar-refractivity contribution is 0.0874. The number of anilines is 1. The molecular weight excluding hydrogens is 299 g/mol. The molecule has 0 aliphatic carbocycles. The van der Waals surface area contributed by atoms with Crippen molar-refractivity contribution < 1.29 is 9.50 Å². The fraction of sp³-hybridized carbons (Fsp3) is 0.538. The summed E-state index contributed by atoms with van der Waals surface area (Å²) in [6.07, 6.45) is 0. The van der Waals surface area contributed by atoms with Crippen LogP contribution in [0.3, 0.4) is 0 Å². The molecule has 0 bridgehead atoms. The van der Waals surface area contributed by atoms with Crippen LogP contribution in [-0.4, -0.2) is 23.8 Å². The van der Waals surface area contributed by atoms with Crippen molar-refractivity contribution in [3.8, 4) is 0 Å². The molecular formula is C13H20BrFN2O. The van der Waals surface area contributed by atoms with Gasteiger partial charge in [-0.25, -0.2) is 4.39 Å². The Hall–Kier alpha value is -0.650. The van der Waals surface area contributed by atoms with E-state index in [1.54, 1.807) is 30.9 Å². The third-order valence-electron chi connectivity index (χ3n) is 2.66. The molecule has 102 valence electrons. The number of hydrogen-bond acceptors (Lipinski definition) is 3. The molecule has 1 aromatic carbocycles. The van der Waals surface area contributed by atoms with Crippen molar-refractivity contribution in [1.29, 1.82) is 0 Å². The first-order chi connectivity index (χ1) is 8.30. The zero-order chi connectivity index (χ0) is 13.9. The van der Waals surface area contributed by atoms with Crippen molar-refractivity contribution in [2.45, 2.75) is 32.9 Å². The maximum atomic E-state index is 14.2. The SMILES string of the molecule is CCN(CC(C)(C)O)c1ccc(CN)c(Br)c1F. The number of aliphatic hydroxyl groups is 1. The highest BCUT2D eigenvalue weighted by atomic mass is 79.9. The van der Waals surface area contributed by atoms with Gasteiger partial charge in [0.1, 0.15) is 0 Å². The van der Waals surface area contributed by atoms with Gasteiger partial charge in [0.15, 0.2) is 5.82 Å². The molecule has 0 spiro atoms. The molecule has 3 N–H and O–H groups in total. The van der Waals surface area contributed by atoms with Crippen LogP contribution in [0.2, 0.25) is 0 Å². The Morgan fingerprint density at radius 2 is 2.06 bits per heavy atom. The highest BCUT2D eigenvalue weighted by Crippen LogP contribution is 2.30. The van der Waals surface area contributed by atoms with E-state index in [4.69, 9.17) is 5.73 Å². The first kappa shape index (κ1) is 15.4. The molecule has 5 heteroatoms. The van der Waals surface area contributed by atoms with Crippen molar-refractivity contribution in [1.82, 2.24) is 0 Å². The van der Waals surface area contributed by atoms with Crippen LogP contribution >= 0.6 is 15.9 Å². The molecule has 0 atom stereocenters. The van der Waals surface area contributed by atoms with Gasteiger partial charge in [-0.05, 0) is 48.3 Å². The van der Waals surface area contributed by atoms with Crippen molar-refractivity contribution in [2.24, 2.45) is 5.73 Å². The fourth-order valence-corrected chi connectivity index (χ4v) is 2.31. The minimum absolute atomic E-state index is 0.287. The van der Waals surface area contributed by atoms with E-state index in [0.29, 0.717) is 23.2 Å². The fourth-order valence-electron chi connectivity index (χ4n) is 1.82. The summed E-state index contributed by atoms with van der Waals surface area (Å²) in [5, 5.41) is 9.85. The van der Waals surface area contributed by atoms with E-state index in [0.717, 1.165) is 5.56 Å². The van der Waals surface area contributed by atoms with E-state index >= 15 is 0 Å². The topological polar surface area (TPSA) is 49.5 Å².